The maximum atomic E-state index is 13.2. The molecule has 2 aromatic rings. The summed E-state index contributed by atoms with van der Waals surface area (Å²) in [6.07, 6.45) is 1.69. The van der Waals surface area contributed by atoms with Gasteiger partial charge in [0.2, 0.25) is 0 Å². The van der Waals surface area contributed by atoms with Gasteiger partial charge in [0.1, 0.15) is 23.1 Å². The fraction of sp³-hybridized carbons (Fsp3) is 0.250. The van der Waals surface area contributed by atoms with E-state index < -0.39 is 11.6 Å². The van der Waals surface area contributed by atoms with Crippen LogP contribution in [0.3, 0.4) is 0 Å². The van der Waals surface area contributed by atoms with Crippen LogP contribution < -0.4 is 10.5 Å². The molecule has 1 aliphatic rings. The highest BCUT2D eigenvalue weighted by Crippen LogP contribution is 2.39. The Labute approximate surface area is 116 Å². The molecule has 104 valence electrons. The van der Waals surface area contributed by atoms with Crippen molar-refractivity contribution in [2.24, 2.45) is 5.73 Å². The Morgan fingerprint density at radius 2 is 1.85 bits per heavy atom. The minimum absolute atomic E-state index is 0.0118. The van der Waals surface area contributed by atoms with Gasteiger partial charge in [0.05, 0.1) is 0 Å². The van der Waals surface area contributed by atoms with Crippen molar-refractivity contribution in [3.8, 4) is 11.5 Å². The van der Waals surface area contributed by atoms with E-state index in [2.05, 4.69) is 0 Å². The highest BCUT2D eigenvalue weighted by molar-refractivity contribution is 5.50. The summed E-state index contributed by atoms with van der Waals surface area (Å²) in [5.41, 5.74) is 9.35. The van der Waals surface area contributed by atoms with Crippen molar-refractivity contribution in [2.75, 3.05) is 0 Å². The molecule has 20 heavy (non-hydrogen) atoms. The van der Waals surface area contributed by atoms with E-state index in [-0.39, 0.29) is 11.8 Å². The average Bonchev–Trinajstić information content (AvgIpc) is 2.75. The lowest BCUT2D eigenvalue weighted by molar-refractivity contribution is 0.463. The van der Waals surface area contributed by atoms with Crippen LogP contribution in [0.15, 0.2) is 30.3 Å². The van der Waals surface area contributed by atoms with Crippen LogP contribution in [0.25, 0.3) is 0 Å². The van der Waals surface area contributed by atoms with Gasteiger partial charge in [-0.15, -0.1) is 0 Å². The van der Waals surface area contributed by atoms with Crippen molar-refractivity contribution >= 4 is 0 Å². The van der Waals surface area contributed by atoms with Crippen molar-refractivity contribution in [3.63, 3.8) is 0 Å². The molecular weight excluding hydrogens is 260 g/mol. The first-order valence-electron chi connectivity index (χ1n) is 6.56. The van der Waals surface area contributed by atoms with Gasteiger partial charge in [0.15, 0.2) is 0 Å². The lowest BCUT2D eigenvalue weighted by Crippen LogP contribution is -2.07. The van der Waals surface area contributed by atoms with Crippen molar-refractivity contribution in [2.45, 2.75) is 25.8 Å². The maximum Gasteiger partial charge on any atom is 0.133 e. The van der Waals surface area contributed by atoms with Crippen molar-refractivity contribution in [1.82, 2.24) is 0 Å². The molecule has 3 rings (SSSR count). The molecule has 2 aromatic carbocycles. The number of fused-ring (bicyclic) bond motifs is 1. The van der Waals surface area contributed by atoms with Gasteiger partial charge >= 0.3 is 0 Å². The molecule has 1 unspecified atom stereocenters. The van der Waals surface area contributed by atoms with E-state index in [4.69, 9.17) is 10.5 Å². The SMILES string of the molecule is Cc1ccc(Oc2cc(F)cc(F)c2)c2c1C(N)CC2. The Balaban J connectivity index is 2.00. The minimum atomic E-state index is -0.652. The zero-order chi connectivity index (χ0) is 14.3. The second kappa shape index (κ2) is 4.87. The molecule has 0 aromatic heterocycles. The van der Waals surface area contributed by atoms with Crippen LogP contribution in [0.4, 0.5) is 8.78 Å². The molecule has 4 heteroatoms. The van der Waals surface area contributed by atoms with Gasteiger partial charge in [0.25, 0.3) is 0 Å². The predicted molar refractivity (Wildman–Crippen MR) is 72.9 cm³/mol. The largest absolute Gasteiger partial charge is 0.457 e. The summed E-state index contributed by atoms with van der Waals surface area (Å²) in [4.78, 5) is 0. The molecule has 0 amide bonds. The lowest BCUT2D eigenvalue weighted by atomic mass is 10.0. The normalized spacial score (nSPS) is 17.1. The maximum absolute atomic E-state index is 13.2. The summed E-state index contributed by atoms with van der Waals surface area (Å²) < 4.78 is 32.0. The first-order chi connectivity index (χ1) is 9.54. The monoisotopic (exact) mass is 275 g/mol. The molecule has 0 spiro atoms. The summed E-state index contributed by atoms with van der Waals surface area (Å²) >= 11 is 0. The second-order valence-corrected chi connectivity index (χ2v) is 5.13. The van der Waals surface area contributed by atoms with Gasteiger partial charge in [-0.05, 0) is 42.5 Å². The van der Waals surface area contributed by atoms with E-state index in [1.807, 2.05) is 19.1 Å². The van der Waals surface area contributed by atoms with E-state index in [0.717, 1.165) is 35.6 Å². The van der Waals surface area contributed by atoms with E-state index >= 15 is 0 Å². The topological polar surface area (TPSA) is 35.2 Å². The Morgan fingerprint density at radius 1 is 1.15 bits per heavy atom. The molecule has 0 saturated carbocycles. The number of hydrogen-bond acceptors (Lipinski definition) is 2. The number of hydrogen-bond donors (Lipinski definition) is 1. The third-order valence-electron chi connectivity index (χ3n) is 3.67. The summed E-state index contributed by atoms with van der Waals surface area (Å²) in [6, 6.07) is 6.93. The zero-order valence-corrected chi connectivity index (χ0v) is 11.1. The Hall–Kier alpha value is -1.94. The first-order valence-corrected chi connectivity index (χ1v) is 6.56. The second-order valence-electron chi connectivity index (χ2n) is 5.13. The number of aryl methyl sites for hydroxylation is 1. The fourth-order valence-electron chi connectivity index (χ4n) is 2.79. The third-order valence-corrected chi connectivity index (χ3v) is 3.67. The molecule has 0 saturated heterocycles. The number of ether oxygens (including phenoxy) is 1. The predicted octanol–water partition coefficient (Wildman–Crippen LogP) is 4.01. The van der Waals surface area contributed by atoms with Crippen LogP contribution in [-0.4, -0.2) is 0 Å². The molecule has 0 bridgehead atoms. The zero-order valence-electron chi connectivity index (χ0n) is 11.1. The number of nitrogens with two attached hydrogens (primary N) is 1. The molecule has 1 aliphatic carbocycles. The average molecular weight is 275 g/mol. The van der Waals surface area contributed by atoms with Gasteiger partial charge in [-0.25, -0.2) is 8.78 Å². The molecule has 2 nitrogen and oxygen atoms in total. The van der Waals surface area contributed by atoms with Gasteiger partial charge < -0.3 is 10.5 Å². The smallest absolute Gasteiger partial charge is 0.133 e. The molecule has 0 fully saturated rings. The van der Waals surface area contributed by atoms with Crippen molar-refractivity contribution in [3.05, 3.63) is 58.7 Å². The summed E-state index contributed by atoms with van der Waals surface area (Å²) in [6.45, 7) is 2.01. The summed E-state index contributed by atoms with van der Waals surface area (Å²) in [7, 11) is 0. The highest BCUT2D eigenvalue weighted by atomic mass is 19.1. The number of halogens is 2. The molecule has 0 heterocycles. The van der Waals surface area contributed by atoms with E-state index in [9.17, 15) is 8.78 Å². The molecule has 0 radical (unpaired) electrons. The van der Waals surface area contributed by atoms with E-state index in [1.54, 1.807) is 0 Å². The van der Waals surface area contributed by atoms with Gasteiger partial charge in [-0.1, -0.05) is 6.07 Å². The standard InChI is InChI=1S/C16H15F2NO/c1-9-2-5-15(13-3-4-14(19)16(9)13)20-12-7-10(17)6-11(18)8-12/h2,5-8,14H,3-4,19H2,1H3. The Kier molecular flexibility index (Phi) is 3.18. The minimum Gasteiger partial charge on any atom is -0.457 e. The molecule has 2 N–H and O–H groups in total. The third kappa shape index (κ3) is 2.27. The van der Waals surface area contributed by atoms with Crippen LogP contribution in [-0.2, 0) is 6.42 Å². The van der Waals surface area contributed by atoms with Gasteiger partial charge in [0, 0.05) is 24.2 Å². The molecule has 1 atom stereocenters. The highest BCUT2D eigenvalue weighted by Gasteiger charge is 2.24. The Bertz CT molecular complexity index is 650. The lowest BCUT2D eigenvalue weighted by Gasteiger charge is -2.14. The van der Waals surface area contributed by atoms with Crippen LogP contribution >= 0.6 is 0 Å². The first kappa shape index (κ1) is 13.1. The van der Waals surface area contributed by atoms with Crippen LogP contribution in [0.5, 0.6) is 11.5 Å². The number of rotatable bonds is 2. The summed E-state index contributed by atoms with van der Waals surface area (Å²) in [5.74, 6) is -0.515. The van der Waals surface area contributed by atoms with Gasteiger partial charge in [-0.3, -0.25) is 0 Å². The molecule has 0 aliphatic heterocycles. The van der Waals surface area contributed by atoms with E-state index in [1.165, 1.54) is 12.1 Å². The van der Waals surface area contributed by atoms with Gasteiger partial charge in [-0.2, -0.15) is 0 Å². The van der Waals surface area contributed by atoms with Crippen molar-refractivity contribution < 1.29 is 13.5 Å². The summed E-state index contributed by atoms with van der Waals surface area (Å²) in [5, 5.41) is 0. The van der Waals surface area contributed by atoms with Crippen molar-refractivity contribution in [1.29, 1.82) is 0 Å². The van der Waals surface area contributed by atoms with Crippen LogP contribution in [0, 0.1) is 18.6 Å². The number of benzene rings is 2. The van der Waals surface area contributed by atoms with E-state index in [0.29, 0.717) is 5.75 Å². The fourth-order valence-corrected chi connectivity index (χ4v) is 2.79. The Morgan fingerprint density at radius 3 is 2.55 bits per heavy atom. The molecular formula is C16H15F2NO. The quantitative estimate of drug-likeness (QED) is 0.898. The van der Waals surface area contributed by atoms with Crippen LogP contribution in [0.1, 0.15) is 29.2 Å². The van der Waals surface area contributed by atoms with Crippen LogP contribution in [0.2, 0.25) is 0 Å².